The molecule has 1 heterocycles. The summed E-state index contributed by atoms with van der Waals surface area (Å²) in [5, 5.41) is 6.29. The molecule has 0 aliphatic carbocycles. The number of carbonyl (C=O) groups is 2. The van der Waals surface area contributed by atoms with Gasteiger partial charge in [-0.2, -0.15) is 0 Å². The number of hydrogen-bond acceptors (Lipinski definition) is 2. The van der Waals surface area contributed by atoms with Crippen molar-refractivity contribution >= 4 is 23.4 Å². The maximum Gasteiger partial charge on any atom is 0.242 e. The molecule has 20 heavy (non-hydrogen) atoms. The van der Waals surface area contributed by atoms with E-state index >= 15 is 0 Å². The van der Waals surface area contributed by atoms with Crippen molar-refractivity contribution in [2.75, 3.05) is 6.54 Å². The molecule has 2 amide bonds. The zero-order chi connectivity index (χ0) is 14.4. The van der Waals surface area contributed by atoms with E-state index in [1.54, 1.807) is 0 Å². The second-order valence-electron chi connectivity index (χ2n) is 5.00. The Hall–Kier alpha value is -1.55. The normalized spacial score (nSPS) is 19.1. The van der Waals surface area contributed by atoms with Crippen LogP contribution < -0.4 is 10.6 Å². The zero-order valence-corrected chi connectivity index (χ0v) is 12.1. The van der Waals surface area contributed by atoms with Crippen LogP contribution in [0.2, 0.25) is 5.02 Å². The highest BCUT2D eigenvalue weighted by Gasteiger charge is 2.22. The topological polar surface area (TPSA) is 58.2 Å². The fourth-order valence-electron chi connectivity index (χ4n) is 2.29. The SMILES string of the molecule is O=C(CCc1ccccc1Cl)NC1CCCCNC1=O. The molecule has 2 rings (SSSR count). The van der Waals surface area contributed by atoms with E-state index < -0.39 is 6.04 Å². The Morgan fingerprint density at radius 3 is 2.95 bits per heavy atom. The van der Waals surface area contributed by atoms with E-state index in [0.29, 0.717) is 30.8 Å². The lowest BCUT2D eigenvalue weighted by molar-refractivity contribution is -0.128. The van der Waals surface area contributed by atoms with Gasteiger partial charge in [-0.25, -0.2) is 0 Å². The average Bonchev–Trinajstić information content (AvgIpc) is 2.63. The number of benzene rings is 1. The molecule has 4 nitrogen and oxygen atoms in total. The van der Waals surface area contributed by atoms with Crippen LogP contribution in [0.5, 0.6) is 0 Å². The average molecular weight is 295 g/mol. The van der Waals surface area contributed by atoms with Gasteiger partial charge in [0.25, 0.3) is 0 Å². The number of hydrogen-bond donors (Lipinski definition) is 2. The van der Waals surface area contributed by atoms with Crippen LogP contribution in [0.25, 0.3) is 0 Å². The molecule has 1 fully saturated rings. The molecule has 0 saturated carbocycles. The van der Waals surface area contributed by atoms with Gasteiger partial charge in [0, 0.05) is 18.0 Å². The molecule has 0 spiro atoms. The van der Waals surface area contributed by atoms with Crippen LogP contribution in [0.4, 0.5) is 0 Å². The Labute approximate surface area is 123 Å². The molecule has 1 unspecified atom stereocenters. The van der Waals surface area contributed by atoms with Crippen LogP contribution >= 0.6 is 11.6 Å². The predicted molar refractivity (Wildman–Crippen MR) is 78.6 cm³/mol. The highest BCUT2D eigenvalue weighted by atomic mass is 35.5. The molecule has 0 bridgehead atoms. The van der Waals surface area contributed by atoms with Crippen molar-refractivity contribution in [3.05, 3.63) is 34.9 Å². The first kappa shape index (κ1) is 14.9. The summed E-state index contributed by atoms with van der Waals surface area (Å²) in [6.07, 6.45) is 3.56. The fourth-order valence-corrected chi connectivity index (χ4v) is 2.52. The molecular weight excluding hydrogens is 276 g/mol. The number of aryl methyl sites for hydroxylation is 1. The molecule has 1 aliphatic heterocycles. The van der Waals surface area contributed by atoms with Crippen LogP contribution in [0, 0.1) is 0 Å². The molecule has 2 N–H and O–H groups in total. The maximum atomic E-state index is 11.9. The predicted octanol–water partition coefficient (Wildman–Crippen LogP) is 2.06. The molecule has 1 aromatic carbocycles. The standard InChI is InChI=1S/C15H19ClN2O2/c16-12-6-2-1-5-11(12)8-9-14(19)18-13-7-3-4-10-17-15(13)20/h1-2,5-6,13H,3-4,7-10H2,(H,17,20)(H,18,19). The van der Waals surface area contributed by atoms with Crippen molar-refractivity contribution < 1.29 is 9.59 Å². The van der Waals surface area contributed by atoms with Crippen LogP contribution in [0.15, 0.2) is 24.3 Å². The number of carbonyl (C=O) groups excluding carboxylic acids is 2. The van der Waals surface area contributed by atoms with Crippen molar-refractivity contribution in [1.29, 1.82) is 0 Å². The third kappa shape index (κ3) is 4.23. The first-order valence-corrected chi connectivity index (χ1v) is 7.35. The van der Waals surface area contributed by atoms with Crippen LogP contribution in [-0.2, 0) is 16.0 Å². The molecule has 1 saturated heterocycles. The fraction of sp³-hybridized carbons (Fsp3) is 0.467. The lowest BCUT2D eigenvalue weighted by Gasteiger charge is -2.15. The van der Waals surface area contributed by atoms with Crippen molar-refractivity contribution in [1.82, 2.24) is 10.6 Å². The minimum atomic E-state index is -0.392. The quantitative estimate of drug-likeness (QED) is 0.893. The van der Waals surface area contributed by atoms with Crippen molar-refractivity contribution in [3.8, 4) is 0 Å². The Morgan fingerprint density at radius 1 is 1.35 bits per heavy atom. The van der Waals surface area contributed by atoms with Gasteiger partial charge in [-0.15, -0.1) is 0 Å². The van der Waals surface area contributed by atoms with Crippen molar-refractivity contribution in [2.24, 2.45) is 0 Å². The first-order chi connectivity index (χ1) is 9.66. The van der Waals surface area contributed by atoms with E-state index in [-0.39, 0.29) is 11.8 Å². The largest absolute Gasteiger partial charge is 0.354 e. The van der Waals surface area contributed by atoms with Gasteiger partial charge < -0.3 is 10.6 Å². The summed E-state index contributed by atoms with van der Waals surface area (Å²) >= 11 is 6.05. The van der Waals surface area contributed by atoms with Crippen molar-refractivity contribution in [2.45, 2.75) is 38.1 Å². The number of rotatable bonds is 4. The van der Waals surface area contributed by atoms with E-state index in [1.807, 2.05) is 24.3 Å². The highest BCUT2D eigenvalue weighted by molar-refractivity contribution is 6.31. The number of amides is 2. The van der Waals surface area contributed by atoms with E-state index in [1.165, 1.54) is 0 Å². The van der Waals surface area contributed by atoms with E-state index in [0.717, 1.165) is 18.4 Å². The van der Waals surface area contributed by atoms with Crippen LogP contribution in [-0.4, -0.2) is 24.4 Å². The van der Waals surface area contributed by atoms with Gasteiger partial charge in [0.05, 0.1) is 0 Å². The Bertz CT molecular complexity index is 491. The summed E-state index contributed by atoms with van der Waals surface area (Å²) < 4.78 is 0. The molecule has 5 heteroatoms. The smallest absolute Gasteiger partial charge is 0.242 e. The van der Waals surface area contributed by atoms with Crippen molar-refractivity contribution in [3.63, 3.8) is 0 Å². The van der Waals surface area contributed by atoms with Gasteiger partial charge in [-0.3, -0.25) is 9.59 Å². The minimum Gasteiger partial charge on any atom is -0.354 e. The third-order valence-electron chi connectivity index (χ3n) is 3.45. The van der Waals surface area contributed by atoms with Gasteiger partial charge in [-0.05, 0) is 37.3 Å². The van der Waals surface area contributed by atoms with E-state index in [9.17, 15) is 9.59 Å². The van der Waals surface area contributed by atoms with Gasteiger partial charge >= 0.3 is 0 Å². The summed E-state index contributed by atoms with van der Waals surface area (Å²) in [6, 6.07) is 7.09. The second kappa shape index (κ2) is 7.29. The van der Waals surface area contributed by atoms with Gasteiger partial charge in [0.15, 0.2) is 0 Å². The first-order valence-electron chi connectivity index (χ1n) is 6.97. The zero-order valence-electron chi connectivity index (χ0n) is 11.3. The lowest BCUT2D eigenvalue weighted by atomic mass is 10.1. The molecule has 0 radical (unpaired) electrons. The summed E-state index contributed by atoms with van der Waals surface area (Å²) in [4.78, 5) is 23.7. The van der Waals surface area contributed by atoms with Gasteiger partial charge in [0.2, 0.25) is 11.8 Å². The molecule has 1 aliphatic rings. The minimum absolute atomic E-state index is 0.0754. The van der Waals surface area contributed by atoms with E-state index in [4.69, 9.17) is 11.6 Å². The highest BCUT2D eigenvalue weighted by Crippen LogP contribution is 2.16. The Morgan fingerprint density at radius 2 is 2.15 bits per heavy atom. The van der Waals surface area contributed by atoms with Crippen LogP contribution in [0.3, 0.4) is 0 Å². The Balaban J connectivity index is 1.83. The Kier molecular flexibility index (Phi) is 5.41. The molecule has 0 aromatic heterocycles. The summed E-state index contributed by atoms with van der Waals surface area (Å²) in [5.41, 5.74) is 0.953. The summed E-state index contributed by atoms with van der Waals surface area (Å²) in [7, 11) is 0. The summed E-state index contributed by atoms with van der Waals surface area (Å²) in [5.74, 6) is -0.180. The van der Waals surface area contributed by atoms with Gasteiger partial charge in [-0.1, -0.05) is 29.8 Å². The maximum absolute atomic E-state index is 11.9. The molecular formula is C15H19ClN2O2. The number of nitrogens with one attached hydrogen (secondary N) is 2. The molecule has 108 valence electrons. The van der Waals surface area contributed by atoms with Crippen LogP contribution in [0.1, 0.15) is 31.2 Å². The molecule has 1 aromatic rings. The third-order valence-corrected chi connectivity index (χ3v) is 3.82. The lowest BCUT2D eigenvalue weighted by Crippen LogP contribution is -2.45. The molecule has 1 atom stereocenters. The number of halogens is 1. The second-order valence-corrected chi connectivity index (χ2v) is 5.41. The monoisotopic (exact) mass is 294 g/mol. The summed E-state index contributed by atoms with van der Waals surface area (Å²) in [6.45, 7) is 0.699. The van der Waals surface area contributed by atoms with Gasteiger partial charge in [0.1, 0.15) is 6.04 Å². The van der Waals surface area contributed by atoms with E-state index in [2.05, 4.69) is 10.6 Å².